The van der Waals surface area contributed by atoms with Crippen molar-refractivity contribution >= 4 is 23.2 Å². The van der Waals surface area contributed by atoms with Crippen LogP contribution in [0.4, 0.5) is 0 Å². The third kappa shape index (κ3) is 2.78. The molecule has 2 amide bonds. The minimum Gasteiger partial charge on any atom is -0.349 e. The average Bonchev–Trinajstić information content (AvgIpc) is 2.94. The van der Waals surface area contributed by atoms with Gasteiger partial charge in [0.15, 0.2) is 0 Å². The van der Waals surface area contributed by atoms with Gasteiger partial charge in [-0.25, -0.2) is 4.98 Å². The zero-order valence-electron chi connectivity index (χ0n) is 10.7. The first-order valence-corrected chi connectivity index (χ1v) is 7.65. The molecule has 1 saturated carbocycles. The molecule has 1 N–H and O–H groups in total. The number of amides is 2. The molecule has 3 rings (SSSR count). The fourth-order valence-corrected chi connectivity index (χ4v) is 3.05. The summed E-state index contributed by atoms with van der Waals surface area (Å²) in [6.07, 6.45) is 3.68. The average molecular weight is 279 g/mol. The standard InChI is InChI=1S/C13H17N3O2S/c17-12(14-6-10-7-19-8-15-10)11-2-1-5-16(11)13(18)9-3-4-9/h7-9,11H,1-6H2,(H,14,17). The highest BCUT2D eigenvalue weighted by Crippen LogP contribution is 2.33. The van der Waals surface area contributed by atoms with Crippen LogP contribution in [0.25, 0.3) is 0 Å². The van der Waals surface area contributed by atoms with Crippen molar-refractivity contribution in [1.82, 2.24) is 15.2 Å². The highest BCUT2D eigenvalue weighted by atomic mass is 32.1. The van der Waals surface area contributed by atoms with Crippen molar-refractivity contribution < 1.29 is 9.59 Å². The summed E-state index contributed by atoms with van der Waals surface area (Å²) in [6.45, 7) is 1.18. The summed E-state index contributed by atoms with van der Waals surface area (Å²) in [4.78, 5) is 30.2. The van der Waals surface area contributed by atoms with Gasteiger partial charge in [0.2, 0.25) is 11.8 Å². The number of thiazole rings is 1. The monoisotopic (exact) mass is 279 g/mol. The van der Waals surface area contributed by atoms with E-state index in [9.17, 15) is 9.59 Å². The van der Waals surface area contributed by atoms with E-state index < -0.39 is 0 Å². The van der Waals surface area contributed by atoms with Crippen LogP contribution in [-0.2, 0) is 16.1 Å². The van der Waals surface area contributed by atoms with Crippen LogP contribution in [0.2, 0.25) is 0 Å². The fraction of sp³-hybridized carbons (Fsp3) is 0.615. The quantitative estimate of drug-likeness (QED) is 0.899. The van der Waals surface area contributed by atoms with Gasteiger partial charge >= 0.3 is 0 Å². The Balaban J connectivity index is 1.57. The molecule has 5 nitrogen and oxygen atoms in total. The van der Waals surface area contributed by atoms with Crippen LogP contribution >= 0.6 is 11.3 Å². The number of rotatable bonds is 4. The van der Waals surface area contributed by atoms with Gasteiger partial charge in [0.05, 0.1) is 17.7 Å². The lowest BCUT2D eigenvalue weighted by Gasteiger charge is -2.23. The van der Waals surface area contributed by atoms with Crippen molar-refractivity contribution in [3.63, 3.8) is 0 Å². The Hall–Kier alpha value is -1.43. The van der Waals surface area contributed by atoms with Crippen LogP contribution in [0, 0.1) is 5.92 Å². The van der Waals surface area contributed by atoms with E-state index in [2.05, 4.69) is 10.3 Å². The molecule has 1 atom stereocenters. The van der Waals surface area contributed by atoms with E-state index in [1.807, 2.05) is 5.38 Å². The SMILES string of the molecule is O=C(NCc1cscn1)C1CCCN1C(=O)C1CC1. The molecule has 2 heterocycles. The first kappa shape index (κ1) is 12.6. The minimum atomic E-state index is -0.272. The lowest BCUT2D eigenvalue weighted by Crippen LogP contribution is -2.46. The molecule has 1 unspecified atom stereocenters. The first-order valence-electron chi connectivity index (χ1n) is 6.71. The van der Waals surface area contributed by atoms with E-state index in [0.717, 1.165) is 37.9 Å². The topological polar surface area (TPSA) is 62.3 Å². The third-order valence-corrected chi connectivity index (χ3v) is 4.33. The van der Waals surface area contributed by atoms with Gasteiger partial charge in [0.1, 0.15) is 6.04 Å². The maximum atomic E-state index is 12.2. The van der Waals surface area contributed by atoms with Crippen LogP contribution in [0.15, 0.2) is 10.9 Å². The Morgan fingerprint density at radius 2 is 2.26 bits per heavy atom. The maximum absolute atomic E-state index is 12.2. The molecular formula is C13H17N3O2S. The Bertz CT molecular complexity index is 470. The van der Waals surface area contributed by atoms with Gasteiger partial charge < -0.3 is 10.2 Å². The smallest absolute Gasteiger partial charge is 0.243 e. The second kappa shape index (κ2) is 5.28. The molecule has 1 aromatic heterocycles. The van der Waals surface area contributed by atoms with E-state index in [-0.39, 0.29) is 23.8 Å². The second-order valence-corrected chi connectivity index (χ2v) is 5.88. The molecule has 1 aromatic rings. The molecule has 0 radical (unpaired) electrons. The molecule has 1 aliphatic carbocycles. The van der Waals surface area contributed by atoms with Gasteiger partial charge in [0, 0.05) is 17.8 Å². The number of aromatic nitrogens is 1. The number of hydrogen-bond donors (Lipinski definition) is 1. The molecule has 102 valence electrons. The maximum Gasteiger partial charge on any atom is 0.243 e. The Morgan fingerprint density at radius 1 is 1.42 bits per heavy atom. The molecular weight excluding hydrogens is 262 g/mol. The van der Waals surface area contributed by atoms with Gasteiger partial charge in [-0.2, -0.15) is 0 Å². The van der Waals surface area contributed by atoms with Crippen LogP contribution in [0.1, 0.15) is 31.4 Å². The summed E-state index contributed by atoms with van der Waals surface area (Å²) in [7, 11) is 0. The first-order chi connectivity index (χ1) is 9.25. The summed E-state index contributed by atoms with van der Waals surface area (Å²) in [5.74, 6) is 0.317. The number of nitrogens with one attached hydrogen (secondary N) is 1. The Kier molecular flexibility index (Phi) is 3.50. The van der Waals surface area contributed by atoms with E-state index in [1.54, 1.807) is 10.4 Å². The molecule has 0 spiro atoms. The summed E-state index contributed by atoms with van der Waals surface area (Å²) in [5.41, 5.74) is 2.62. The fourth-order valence-electron chi connectivity index (χ4n) is 2.49. The predicted octanol–water partition coefficient (Wildman–Crippen LogP) is 1.16. The number of hydrogen-bond acceptors (Lipinski definition) is 4. The Labute approximate surface area is 116 Å². The highest BCUT2D eigenvalue weighted by molar-refractivity contribution is 7.07. The van der Waals surface area contributed by atoms with E-state index in [0.29, 0.717) is 6.54 Å². The van der Waals surface area contributed by atoms with E-state index >= 15 is 0 Å². The van der Waals surface area contributed by atoms with Crippen LogP contribution in [-0.4, -0.2) is 34.3 Å². The molecule has 0 bridgehead atoms. The van der Waals surface area contributed by atoms with Crippen molar-refractivity contribution in [2.24, 2.45) is 5.92 Å². The number of nitrogens with zero attached hydrogens (tertiary/aromatic N) is 2. The molecule has 6 heteroatoms. The molecule has 2 aliphatic rings. The van der Waals surface area contributed by atoms with Gasteiger partial charge in [-0.15, -0.1) is 11.3 Å². The van der Waals surface area contributed by atoms with Crippen LogP contribution in [0.3, 0.4) is 0 Å². The Morgan fingerprint density at radius 3 is 2.95 bits per heavy atom. The zero-order valence-corrected chi connectivity index (χ0v) is 11.5. The van der Waals surface area contributed by atoms with E-state index in [1.165, 1.54) is 11.3 Å². The van der Waals surface area contributed by atoms with Crippen molar-refractivity contribution in [1.29, 1.82) is 0 Å². The van der Waals surface area contributed by atoms with Crippen molar-refractivity contribution in [2.75, 3.05) is 6.54 Å². The molecule has 0 aromatic carbocycles. The number of likely N-dealkylation sites (tertiary alicyclic amines) is 1. The van der Waals surface area contributed by atoms with Gasteiger partial charge in [0.25, 0.3) is 0 Å². The lowest BCUT2D eigenvalue weighted by molar-refractivity contribution is -0.139. The zero-order chi connectivity index (χ0) is 13.2. The molecule has 1 saturated heterocycles. The van der Waals surface area contributed by atoms with Gasteiger partial charge in [-0.05, 0) is 25.7 Å². The van der Waals surface area contributed by atoms with Crippen molar-refractivity contribution in [3.8, 4) is 0 Å². The largest absolute Gasteiger partial charge is 0.349 e. The van der Waals surface area contributed by atoms with E-state index in [4.69, 9.17) is 0 Å². The predicted molar refractivity (Wildman–Crippen MR) is 71.4 cm³/mol. The molecule has 2 fully saturated rings. The van der Waals surface area contributed by atoms with Crippen molar-refractivity contribution in [2.45, 2.75) is 38.3 Å². The minimum absolute atomic E-state index is 0.0421. The van der Waals surface area contributed by atoms with Gasteiger partial charge in [-0.3, -0.25) is 9.59 Å². The summed E-state index contributed by atoms with van der Waals surface area (Å²) >= 11 is 1.51. The number of carbonyl (C=O) groups is 2. The van der Waals surface area contributed by atoms with Crippen LogP contribution < -0.4 is 5.32 Å². The summed E-state index contributed by atoms with van der Waals surface area (Å²) in [6, 6.07) is -0.272. The summed E-state index contributed by atoms with van der Waals surface area (Å²) in [5, 5.41) is 4.80. The third-order valence-electron chi connectivity index (χ3n) is 3.69. The second-order valence-electron chi connectivity index (χ2n) is 5.16. The number of carbonyl (C=O) groups excluding carboxylic acids is 2. The normalized spacial score (nSPS) is 22.5. The molecule has 19 heavy (non-hydrogen) atoms. The highest BCUT2D eigenvalue weighted by Gasteiger charge is 2.40. The molecule has 1 aliphatic heterocycles. The van der Waals surface area contributed by atoms with Gasteiger partial charge in [-0.1, -0.05) is 0 Å². The summed E-state index contributed by atoms with van der Waals surface area (Å²) < 4.78 is 0. The lowest BCUT2D eigenvalue weighted by atomic mass is 10.2. The van der Waals surface area contributed by atoms with Crippen molar-refractivity contribution in [3.05, 3.63) is 16.6 Å². The van der Waals surface area contributed by atoms with Crippen LogP contribution in [0.5, 0.6) is 0 Å².